The summed E-state index contributed by atoms with van der Waals surface area (Å²) in [5, 5.41) is 22.5. The van der Waals surface area contributed by atoms with E-state index in [1.54, 1.807) is 6.92 Å². The van der Waals surface area contributed by atoms with Gasteiger partial charge in [0.2, 0.25) is 29.5 Å². The third-order valence-electron chi connectivity index (χ3n) is 8.54. The highest BCUT2D eigenvalue weighted by atomic mass is 32.2. The van der Waals surface area contributed by atoms with Gasteiger partial charge in [0.05, 0.1) is 45.4 Å². The Morgan fingerprint density at radius 3 is 1.38 bits per heavy atom. The molecule has 0 aliphatic rings. The predicted octanol–water partition coefficient (Wildman–Crippen LogP) is 1.63. The Labute approximate surface area is 344 Å². The van der Waals surface area contributed by atoms with Crippen LogP contribution < -0.4 is 26.6 Å². The minimum atomic E-state index is -3.85. The van der Waals surface area contributed by atoms with Crippen molar-refractivity contribution >= 4 is 45.6 Å². The van der Waals surface area contributed by atoms with Gasteiger partial charge in [0.1, 0.15) is 19.3 Å². The maximum Gasteiger partial charge on any atom is 0.326 e. The number of aliphatic carboxylic acids is 1. The molecular weight excluding hydrogens is 783 g/mol. The molecule has 0 bridgehead atoms. The number of carboxylic acid groups (broad SMARTS) is 1. The smallest absolute Gasteiger partial charge is 0.326 e. The summed E-state index contributed by atoms with van der Waals surface area (Å²) in [4.78, 5) is 70.7. The van der Waals surface area contributed by atoms with Crippen LogP contribution in [-0.2, 0) is 57.8 Å². The number of rotatable bonds is 41. The first-order chi connectivity index (χ1) is 27.8. The number of carboxylic acids is 1. The average Bonchev–Trinajstić information content (AvgIpc) is 3.17. The van der Waals surface area contributed by atoms with Crippen molar-refractivity contribution in [3.8, 4) is 0 Å². The Morgan fingerprint density at radius 1 is 0.500 bits per heavy atom. The van der Waals surface area contributed by atoms with Gasteiger partial charge in [-0.25, -0.2) is 4.79 Å². The van der Waals surface area contributed by atoms with Gasteiger partial charge in [-0.05, 0) is 19.3 Å². The molecule has 338 valence electrons. The van der Waals surface area contributed by atoms with Gasteiger partial charge in [-0.15, -0.1) is 0 Å². The van der Waals surface area contributed by atoms with Gasteiger partial charge in [-0.2, -0.15) is 8.42 Å². The Balaban J connectivity index is 3.66. The molecule has 1 atom stereocenters. The molecular formula is C38H71N5O14S. The summed E-state index contributed by atoms with van der Waals surface area (Å²) in [6.07, 6.45) is 13.2. The molecule has 0 saturated carbocycles. The van der Waals surface area contributed by atoms with Crippen molar-refractivity contribution in [2.24, 2.45) is 0 Å². The molecule has 0 saturated heterocycles. The third-order valence-corrected chi connectivity index (χ3v) is 9.34. The lowest BCUT2D eigenvalue weighted by atomic mass is 10.0. The number of carbonyl (C=O) groups excluding carboxylic acids is 5. The minimum Gasteiger partial charge on any atom is -0.480 e. The van der Waals surface area contributed by atoms with Gasteiger partial charge in [-0.3, -0.25) is 28.5 Å². The molecule has 0 aliphatic carbocycles. The number of hydrogen-bond donors (Lipinski definition) is 7. The minimum absolute atomic E-state index is 0.0395. The molecule has 0 aliphatic heterocycles. The van der Waals surface area contributed by atoms with Crippen LogP contribution in [0.5, 0.6) is 0 Å². The highest BCUT2D eigenvalue weighted by Crippen LogP contribution is 2.13. The third kappa shape index (κ3) is 39.4. The molecule has 0 aromatic heterocycles. The van der Waals surface area contributed by atoms with Crippen LogP contribution in [0.1, 0.15) is 116 Å². The van der Waals surface area contributed by atoms with Crippen molar-refractivity contribution in [2.75, 3.05) is 84.8 Å². The van der Waals surface area contributed by atoms with Gasteiger partial charge in [0.15, 0.2) is 0 Å². The van der Waals surface area contributed by atoms with Crippen LogP contribution in [0.3, 0.4) is 0 Å². The Hall–Kier alpha value is -3.43. The van der Waals surface area contributed by atoms with Crippen molar-refractivity contribution in [1.29, 1.82) is 0 Å². The summed E-state index contributed by atoms with van der Waals surface area (Å²) in [7, 11) is -3.85. The SMILES string of the molecule is CCC(=O)NCCNC(=O)COCCOCCNC(=O)COCCOCCNC(=O)CC[C@H](NC(=O)CCCCCCCCCCCCCCCS(=O)(=O)O)C(=O)O. The van der Waals surface area contributed by atoms with Crippen LogP contribution in [0.2, 0.25) is 0 Å². The Morgan fingerprint density at radius 2 is 0.914 bits per heavy atom. The van der Waals surface area contributed by atoms with E-state index in [1.807, 2.05) is 0 Å². The first-order valence-corrected chi connectivity index (χ1v) is 22.3. The summed E-state index contributed by atoms with van der Waals surface area (Å²) in [6.45, 7) is 3.83. The molecule has 58 heavy (non-hydrogen) atoms. The van der Waals surface area contributed by atoms with Crippen LogP contribution in [0.25, 0.3) is 0 Å². The first-order valence-electron chi connectivity index (χ1n) is 20.7. The van der Waals surface area contributed by atoms with E-state index in [2.05, 4.69) is 26.6 Å². The fraction of sp³-hybridized carbons (Fsp3) is 0.842. The fourth-order valence-electron chi connectivity index (χ4n) is 5.33. The van der Waals surface area contributed by atoms with Crippen LogP contribution in [0.4, 0.5) is 0 Å². The normalized spacial score (nSPS) is 11.8. The summed E-state index contributed by atoms with van der Waals surface area (Å²) >= 11 is 0. The molecule has 7 N–H and O–H groups in total. The monoisotopic (exact) mass is 853 g/mol. The van der Waals surface area contributed by atoms with Crippen molar-refractivity contribution < 1.29 is 65.8 Å². The molecule has 0 aromatic carbocycles. The van der Waals surface area contributed by atoms with Crippen LogP contribution >= 0.6 is 0 Å². The predicted molar refractivity (Wildman–Crippen MR) is 215 cm³/mol. The van der Waals surface area contributed by atoms with Crippen molar-refractivity contribution in [3.63, 3.8) is 0 Å². The highest BCUT2D eigenvalue weighted by molar-refractivity contribution is 7.85. The van der Waals surface area contributed by atoms with E-state index in [4.69, 9.17) is 23.5 Å². The Kier molecular flexibility index (Phi) is 35.6. The molecule has 0 fully saturated rings. The van der Waals surface area contributed by atoms with Gasteiger partial charge in [-0.1, -0.05) is 77.6 Å². The summed E-state index contributed by atoms with van der Waals surface area (Å²) in [5.74, 6) is -2.78. The van der Waals surface area contributed by atoms with E-state index in [1.165, 1.54) is 0 Å². The average molecular weight is 854 g/mol. The molecule has 5 amide bonds. The fourth-order valence-corrected chi connectivity index (χ4v) is 5.90. The number of hydrogen-bond acceptors (Lipinski definition) is 12. The van der Waals surface area contributed by atoms with E-state index in [-0.39, 0.29) is 120 Å². The molecule has 0 aromatic rings. The number of amides is 5. The second kappa shape index (κ2) is 37.8. The van der Waals surface area contributed by atoms with Gasteiger partial charge in [0.25, 0.3) is 10.1 Å². The number of unbranched alkanes of at least 4 members (excludes halogenated alkanes) is 12. The van der Waals surface area contributed by atoms with E-state index < -0.39 is 22.1 Å². The quantitative estimate of drug-likeness (QED) is 0.0340. The second-order valence-electron chi connectivity index (χ2n) is 13.7. The molecule has 0 rings (SSSR count). The van der Waals surface area contributed by atoms with Gasteiger partial charge < -0.3 is 50.6 Å². The molecule has 0 heterocycles. The lowest BCUT2D eigenvalue weighted by Crippen LogP contribution is -2.41. The zero-order valence-electron chi connectivity index (χ0n) is 34.5. The van der Waals surface area contributed by atoms with Crippen LogP contribution in [0.15, 0.2) is 0 Å². The molecule has 19 nitrogen and oxygen atoms in total. The van der Waals surface area contributed by atoms with Crippen LogP contribution in [0, 0.1) is 0 Å². The lowest BCUT2D eigenvalue weighted by molar-refractivity contribution is -0.142. The number of carbonyl (C=O) groups is 6. The lowest BCUT2D eigenvalue weighted by Gasteiger charge is -2.14. The van der Waals surface area contributed by atoms with Gasteiger partial charge >= 0.3 is 5.97 Å². The summed E-state index contributed by atoms with van der Waals surface area (Å²) < 4.78 is 51.3. The van der Waals surface area contributed by atoms with E-state index in [0.29, 0.717) is 32.4 Å². The topological polar surface area (TPSA) is 274 Å². The van der Waals surface area contributed by atoms with Gasteiger partial charge in [0, 0.05) is 45.4 Å². The molecule has 20 heteroatoms. The number of nitrogens with one attached hydrogen (secondary N) is 5. The largest absolute Gasteiger partial charge is 0.480 e. The standard InChI is InChI=1S/C38H71N5O14S/c1-2-33(44)39-19-20-40-36(47)30-56-27-26-55-24-22-42-37(48)31-57-28-25-54-23-21-41-34(45)18-17-32(38(49)50)43-35(46)16-14-12-10-8-6-4-3-5-7-9-11-13-15-29-58(51,52)53/h32H,2-31H2,1H3,(H,39,44)(H,40,47)(H,41,45)(H,42,48)(H,43,46)(H,49,50)(H,51,52,53)/t32-/m0/s1. The van der Waals surface area contributed by atoms with Crippen molar-refractivity contribution in [3.05, 3.63) is 0 Å². The van der Waals surface area contributed by atoms with E-state index >= 15 is 0 Å². The molecule has 0 spiro atoms. The maximum atomic E-state index is 12.3. The van der Waals surface area contributed by atoms with Crippen LogP contribution in [-0.4, -0.2) is 144 Å². The summed E-state index contributed by atoms with van der Waals surface area (Å²) in [5.41, 5.74) is 0. The summed E-state index contributed by atoms with van der Waals surface area (Å²) in [6, 6.07) is -1.15. The zero-order chi connectivity index (χ0) is 43.1. The molecule has 0 unspecified atom stereocenters. The second-order valence-corrected chi connectivity index (χ2v) is 15.3. The van der Waals surface area contributed by atoms with Crippen molar-refractivity contribution in [2.45, 2.75) is 122 Å². The van der Waals surface area contributed by atoms with E-state index in [9.17, 15) is 42.3 Å². The Bertz CT molecular complexity index is 1240. The first kappa shape index (κ1) is 54.6. The number of ether oxygens (including phenoxy) is 4. The highest BCUT2D eigenvalue weighted by Gasteiger charge is 2.20. The zero-order valence-corrected chi connectivity index (χ0v) is 35.3. The van der Waals surface area contributed by atoms with Crippen molar-refractivity contribution in [1.82, 2.24) is 26.6 Å². The maximum absolute atomic E-state index is 12.3. The van der Waals surface area contributed by atoms with E-state index in [0.717, 1.165) is 70.6 Å². The molecule has 0 radical (unpaired) electrons.